The number of nitriles is 1. The molecule has 0 spiro atoms. The van der Waals surface area contributed by atoms with Crippen molar-refractivity contribution in [1.82, 2.24) is 9.88 Å². The van der Waals surface area contributed by atoms with Crippen LogP contribution in [0.5, 0.6) is 0 Å². The van der Waals surface area contributed by atoms with Crippen molar-refractivity contribution in [3.63, 3.8) is 0 Å². The molecule has 1 heterocycles. The highest BCUT2D eigenvalue weighted by Crippen LogP contribution is 2.49. The van der Waals surface area contributed by atoms with Gasteiger partial charge in [-0.25, -0.2) is 4.79 Å². The fraction of sp³-hybridized carbons (Fsp3) is 0.640. The van der Waals surface area contributed by atoms with Gasteiger partial charge < -0.3 is 14.6 Å². The number of amides is 1. The van der Waals surface area contributed by atoms with Crippen LogP contribution >= 0.6 is 0 Å². The van der Waals surface area contributed by atoms with Gasteiger partial charge >= 0.3 is 5.97 Å². The van der Waals surface area contributed by atoms with Gasteiger partial charge in [0.2, 0.25) is 0 Å². The summed E-state index contributed by atoms with van der Waals surface area (Å²) in [4.78, 5) is 25.2. The molecule has 2 bridgehead atoms. The molecule has 1 amide bonds. The Balaban J connectivity index is 1.61. The van der Waals surface area contributed by atoms with Gasteiger partial charge in [-0.15, -0.1) is 0 Å². The van der Waals surface area contributed by atoms with Gasteiger partial charge in [-0.1, -0.05) is 13.3 Å². The average molecular weight is 426 g/mol. The summed E-state index contributed by atoms with van der Waals surface area (Å²) in [6, 6.07) is 3.96. The van der Waals surface area contributed by atoms with Crippen LogP contribution in [0, 0.1) is 42.9 Å². The molecule has 2 saturated carbocycles. The molecule has 5 atom stereocenters. The number of nitrogens with zero attached hydrogens (tertiary/aromatic N) is 2. The SMILES string of the molecule is CCCn1c(C)cc(/C=C(/C#N)C(=O)O[C@H](C)C(=O)N[C@@H](C)[C@@H]2C[C@@H]3CC[C@@H]2C3)c1C. The molecule has 3 rings (SSSR count). The van der Waals surface area contributed by atoms with Crippen molar-refractivity contribution in [2.24, 2.45) is 17.8 Å². The summed E-state index contributed by atoms with van der Waals surface area (Å²) in [5, 5.41) is 12.5. The molecule has 0 aromatic carbocycles. The van der Waals surface area contributed by atoms with Gasteiger partial charge in [-0.05, 0) is 88.8 Å². The second kappa shape index (κ2) is 9.72. The fourth-order valence-electron chi connectivity index (χ4n) is 5.47. The molecule has 1 N–H and O–H groups in total. The third kappa shape index (κ3) is 5.03. The number of carbonyl (C=O) groups is 2. The van der Waals surface area contributed by atoms with Crippen molar-refractivity contribution in [2.75, 3.05) is 0 Å². The zero-order chi connectivity index (χ0) is 22.7. The molecule has 6 nitrogen and oxygen atoms in total. The lowest BCUT2D eigenvalue weighted by molar-refractivity contribution is -0.151. The Kier molecular flexibility index (Phi) is 7.25. The minimum Gasteiger partial charge on any atom is -0.448 e. The molecule has 0 radical (unpaired) electrons. The molecule has 0 aliphatic heterocycles. The van der Waals surface area contributed by atoms with Crippen molar-refractivity contribution < 1.29 is 14.3 Å². The molecule has 2 aliphatic carbocycles. The van der Waals surface area contributed by atoms with Gasteiger partial charge in [0.1, 0.15) is 11.6 Å². The minimum absolute atomic E-state index is 0.0684. The van der Waals surface area contributed by atoms with Crippen LogP contribution in [0.4, 0.5) is 0 Å². The lowest BCUT2D eigenvalue weighted by Crippen LogP contribution is -2.45. The number of carbonyl (C=O) groups excluding carboxylic acids is 2. The minimum atomic E-state index is -0.946. The van der Waals surface area contributed by atoms with Crippen LogP contribution in [0.25, 0.3) is 6.08 Å². The normalized spacial score (nSPS) is 24.5. The first-order chi connectivity index (χ1) is 14.7. The first-order valence-corrected chi connectivity index (χ1v) is 11.5. The maximum absolute atomic E-state index is 12.6. The second-order valence-corrected chi connectivity index (χ2v) is 9.33. The summed E-state index contributed by atoms with van der Waals surface area (Å²) in [6.45, 7) is 10.6. The molecule has 1 aromatic rings. The molecule has 2 fully saturated rings. The number of hydrogen-bond acceptors (Lipinski definition) is 4. The lowest BCUT2D eigenvalue weighted by Gasteiger charge is -2.29. The van der Waals surface area contributed by atoms with Gasteiger partial charge in [0.25, 0.3) is 5.91 Å². The highest BCUT2D eigenvalue weighted by molar-refractivity contribution is 5.99. The Morgan fingerprint density at radius 3 is 2.65 bits per heavy atom. The zero-order valence-corrected chi connectivity index (χ0v) is 19.4. The van der Waals surface area contributed by atoms with E-state index in [0.717, 1.165) is 35.8 Å². The number of ether oxygens (including phenoxy) is 1. The monoisotopic (exact) mass is 425 g/mol. The fourth-order valence-corrected chi connectivity index (χ4v) is 5.47. The molecule has 6 heteroatoms. The highest BCUT2D eigenvalue weighted by atomic mass is 16.5. The zero-order valence-electron chi connectivity index (χ0n) is 19.4. The summed E-state index contributed by atoms with van der Waals surface area (Å²) >= 11 is 0. The van der Waals surface area contributed by atoms with E-state index in [9.17, 15) is 14.9 Å². The number of aromatic nitrogens is 1. The van der Waals surface area contributed by atoms with Crippen molar-refractivity contribution >= 4 is 18.0 Å². The number of aryl methyl sites for hydroxylation is 1. The Morgan fingerprint density at radius 2 is 2.06 bits per heavy atom. The summed E-state index contributed by atoms with van der Waals surface area (Å²) in [6.07, 6.45) is 6.65. The maximum Gasteiger partial charge on any atom is 0.349 e. The lowest BCUT2D eigenvalue weighted by atomic mass is 9.84. The number of nitrogens with one attached hydrogen (secondary N) is 1. The van der Waals surface area contributed by atoms with E-state index in [1.54, 1.807) is 13.0 Å². The molecular formula is C25H35N3O3. The summed E-state index contributed by atoms with van der Waals surface area (Å²) in [5.74, 6) is 0.962. The number of hydrogen-bond donors (Lipinski definition) is 1. The van der Waals surface area contributed by atoms with Crippen molar-refractivity contribution in [3.8, 4) is 6.07 Å². The number of rotatable bonds is 8. The van der Waals surface area contributed by atoms with Crippen LogP contribution < -0.4 is 5.32 Å². The largest absolute Gasteiger partial charge is 0.448 e. The van der Waals surface area contributed by atoms with E-state index in [-0.39, 0.29) is 17.5 Å². The van der Waals surface area contributed by atoms with Crippen LogP contribution in [0.1, 0.15) is 69.8 Å². The molecule has 2 aliphatic rings. The summed E-state index contributed by atoms with van der Waals surface area (Å²) < 4.78 is 7.50. The van der Waals surface area contributed by atoms with E-state index in [0.29, 0.717) is 11.8 Å². The Hall–Kier alpha value is -2.55. The molecule has 1 aromatic heterocycles. The van der Waals surface area contributed by atoms with Crippen molar-refractivity contribution in [2.45, 2.75) is 85.4 Å². The van der Waals surface area contributed by atoms with Crippen LogP contribution in [0.15, 0.2) is 11.6 Å². The van der Waals surface area contributed by atoms with E-state index < -0.39 is 12.1 Å². The van der Waals surface area contributed by atoms with Gasteiger partial charge in [0.15, 0.2) is 6.10 Å². The third-order valence-electron chi connectivity index (χ3n) is 7.16. The van der Waals surface area contributed by atoms with Crippen molar-refractivity contribution in [3.05, 3.63) is 28.6 Å². The maximum atomic E-state index is 12.6. The van der Waals surface area contributed by atoms with Crippen LogP contribution in [0.2, 0.25) is 0 Å². The molecule has 0 saturated heterocycles. The Morgan fingerprint density at radius 1 is 1.32 bits per heavy atom. The van der Waals surface area contributed by atoms with Gasteiger partial charge in [-0.2, -0.15) is 5.26 Å². The van der Waals surface area contributed by atoms with E-state index >= 15 is 0 Å². The quantitative estimate of drug-likeness (QED) is 0.382. The Labute approximate surface area is 185 Å². The van der Waals surface area contributed by atoms with Crippen molar-refractivity contribution in [1.29, 1.82) is 5.26 Å². The van der Waals surface area contributed by atoms with Crippen LogP contribution in [-0.4, -0.2) is 28.6 Å². The molecule has 31 heavy (non-hydrogen) atoms. The summed E-state index contributed by atoms with van der Waals surface area (Å²) in [7, 11) is 0. The average Bonchev–Trinajstić information content (AvgIpc) is 3.43. The predicted molar refractivity (Wildman–Crippen MR) is 120 cm³/mol. The van der Waals surface area contributed by atoms with Gasteiger partial charge in [0.05, 0.1) is 0 Å². The van der Waals surface area contributed by atoms with E-state index in [4.69, 9.17) is 4.74 Å². The van der Waals surface area contributed by atoms with E-state index in [2.05, 4.69) is 16.8 Å². The number of fused-ring (bicyclic) bond motifs is 2. The van der Waals surface area contributed by atoms with Crippen LogP contribution in [0.3, 0.4) is 0 Å². The first kappa shape index (κ1) is 23.1. The summed E-state index contributed by atoms with van der Waals surface area (Å²) in [5.41, 5.74) is 2.81. The Bertz CT molecular complexity index is 908. The molecule has 0 unspecified atom stereocenters. The van der Waals surface area contributed by atoms with Crippen LogP contribution in [-0.2, 0) is 20.9 Å². The second-order valence-electron chi connectivity index (χ2n) is 9.33. The molecule has 168 valence electrons. The van der Waals surface area contributed by atoms with E-state index in [1.165, 1.54) is 25.7 Å². The predicted octanol–water partition coefficient (Wildman–Crippen LogP) is 4.29. The van der Waals surface area contributed by atoms with E-state index in [1.807, 2.05) is 32.9 Å². The molecular weight excluding hydrogens is 390 g/mol. The standard InChI is InChI=1S/C25H35N3O3/c1-6-9-28-15(2)10-21(17(28)4)13-22(14-26)25(30)31-18(5)24(29)27-16(3)23-12-19-7-8-20(23)11-19/h10,13,16,18-20,23H,6-9,11-12H2,1-5H3,(H,27,29)/b22-13-/t16-,18+,19+,20+,23-/m0/s1. The highest BCUT2D eigenvalue weighted by Gasteiger charge is 2.42. The van der Waals surface area contributed by atoms with Gasteiger partial charge in [-0.3, -0.25) is 4.79 Å². The third-order valence-corrected chi connectivity index (χ3v) is 7.16. The topological polar surface area (TPSA) is 84.1 Å². The smallest absolute Gasteiger partial charge is 0.349 e. The number of esters is 1. The van der Waals surface area contributed by atoms with Gasteiger partial charge in [0, 0.05) is 24.0 Å². The first-order valence-electron chi connectivity index (χ1n) is 11.5.